The molecule has 0 aromatic heterocycles. The van der Waals surface area contributed by atoms with Crippen molar-refractivity contribution < 1.29 is 18.0 Å². The molecule has 1 aromatic rings. The Morgan fingerprint density at radius 1 is 1.06 bits per heavy atom. The fourth-order valence-corrected chi connectivity index (χ4v) is 6.37. The largest absolute Gasteiger partial charge is 0.356 e. The summed E-state index contributed by atoms with van der Waals surface area (Å²) >= 11 is 0. The molecule has 2 fully saturated rings. The Balaban J connectivity index is 1.29. The Kier molecular flexibility index (Phi) is 7.67. The maximum Gasteiger partial charge on any atom is 0.240 e. The number of amides is 2. The molecule has 188 valence electrons. The quantitative estimate of drug-likeness (QED) is 0.554. The van der Waals surface area contributed by atoms with E-state index in [9.17, 15) is 18.0 Å². The van der Waals surface area contributed by atoms with Gasteiger partial charge in [-0.15, -0.1) is 0 Å². The molecule has 0 spiro atoms. The van der Waals surface area contributed by atoms with Gasteiger partial charge in [-0.3, -0.25) is 9.59 Å². The van der Waals surface area contributed by atoms with Crippen LogP contribution in [-0.4, -0.2) is 39.4 Å². The molecule has 3 aliphatic rings. The van der Waals surface area contributed by atoms with Gasteiger partial charge in [-0.05, 0) is 93.9 Å². The van der Waals surface area contributed by atoms with Gasteiger partial charge in [0.15, 0.2) is 0 Å². The van der Waals surface area contributed by atoms with Gasteiger partial charge in [0.25, 0.3) is 0 Å². The molecular weight excluding hydrogens is 450 g/mol. The number of hydrogen-bond acceptors (Lipinski definition) is 4. The fraction of sp³-hybridized carbons (Fsp3) is 0.692. The van der Waals surface area contributed by atoms with Crippen LogP contribution in [-0.2, 0) is 26.0 Å². The van der Waals surface area contributed by atoms with Crippen LogP contribution < -0.4 is 14.9 Å². The molecule has 1 aliphatic heterocycles. The minimum absolute atomic E-state index is 0.0417. The van der Waals surface area contributed by atoms with E-state index in [1.165, 1.54) is 0 Å². The number of benzene rings is 1. The molecule has 4 rings (SSSR count). The highest BCUT2D eigenvalue weighted by atomic mass is 32.2. The number of sulfonamides is 1. The topological polar surface area (TPSA) is 95.6 Å². The first-order valence-corrected chi connectivity index (χ1v) is 14.4. The average molecular weight is 490 g/mol. The van der Waals surface area contributed by atoms with Crippen LogP contribution in [0.4, 0.5) is 5.69 Å². The molecular formula is C26H39N3O4S. The molecule has 2 aliphatic carbocycles. The van der Waals surface area contributed by atoms with Gasteiger partial charge in [-0.2, -0.15) is 0 Å². The molecule has 7 nitrogen and oxygen atoms in total. The van der Waals surface area contributed by atoms with Gasteiger partial charge in [-0.1, -0.05) is 13.8 Å². The molecule has 1 atom stereocenters. The first-order valence-electron chi connectivity index (χ1n) is 12.9. The molecule has 2 N–H and O–H groups in total. The van der Waals surface area contributed by atoms with Crippen molar-refractivity contribution in [2.75, 3.05) is 18.0 Å². The second-order valence-electron chi connectivity index (χ2n) is 10.9. The minimum atomic E-state index is -3.62. The number of hydrogen-bond donors (Lipinski definition) is 2. The molecule has 8 heteroatoms. The smallest absolute Gasteiger partial charge is 0.240 e. The van der Waals surface area contributed by atoms with Gasteiger partial charge in [-0.25, -0.2) is 13.1 Å². The highest BCUT2D eigenvalue weighted by Gasteiger charge is 2.39. The fourth-order valence-electron chi connectivity index (χ4n) is 5.21. The first-order chi connectivity index (χ1) is 16.2. The summed E-state index contributed by atoms with van der Waals surface area (Å²) in [5.74, 6) is 1.31. The van der Waals surface area contributed by atoms with E-state index in [0.717, 1.165) is 62.7 Å². The normalized spacial score (nSPS) is 24.8. The van der Waals surface area contributed by atoms with Crippen molar-refractivity contribution in [3.63, 3.8) is 0 Å². The lowest BCUT2D eigenvalue weighted by atomic mass is 9.81. The Morgan fingerprint density at radius 2 is 1.74 bits per heavy atom. The molecule has 1 aromatic carbocycles. The standard InChI is InChI=1S/C26H39N3O4S/c1-17(2)12-13-27-25(30)20-6-4-19(5-7-20)16-28-34(32,33)23-10-11-24-22(15-23)14-18(3)29(24)26(31)21-8-9-21/h10-11,15,17-21,28H,4-9,12-14,16H2,1-3H3,(H,27,30)/t18-,19?,20?/m1/s1. The van der Waals surface area contributed by atoms with Crippen LogP contribution in [0.3, 0.4) is 0 Å². The third kappa shape index (κ3) is 5.82. The molecule has 34 heavy (non-hydrogen) atoms. The summed E-state index contributed by atoms with van der Waals surface area (Å²) in [5, 5.41) is 3.04. The van der Waals surface area contributed by atoms with Gasteiger partial charge in [0.05, 0.1) is 4.90 Å². The van der Waals surface area contributed by atoms with Crippen LogP contribution in [0.5, 0.6) is 0 Å². The SMILES string of the molecule is CC(C)CCNC(=O)C1CCC(CNS(=O)(=O)c2ccc3c(c2)C[C@@H](C)N3C(=O)C2CC2)CC1. The third-order valence-electron chi connectivity index (χ3n) is 7.54. The number of carbonyl (C=O) groups excluding carboxylic acids is 2. The lowest BCUT2D eigenvalue weighted by molar-refractivity contribution is -0.126. The zero-order valence-electron chi connectivity index (χ0n) is 20.7. The second-order valence-corrected chi connectivity index (χ2v) is 12.6. The van der Waals surface area contributed by atoms with Crippen molar-refractivity contribution in [2.45, 2.75) is 83.1 Å². The van der Waals surface area contributed by atoms with Crippen LogP contribution in [0.25, 0.3) is 0 Å². The molecule has 0 saturated heterocycles. The van der Waals surface area contributed by atoms with Crippen LogP contribution >= 0.6 is 0 Å². The van der Waals surface area contributed by atoms with Crippen molar-refractivity contribution >= 4 is 27.5 Å². The van der Waals surface area contributed by atoms with E-state index >= 15 is 0 Å². The van der Waals surface area contributed by atoms with E-state index in [1.807, 2.05) is 11.8 Å². The van der Waals surface area contributed by atoms with Crippen molar-refractivity contribution in [3.8, 4) is 0 Å². The van der Waals surface area contributed by atoms with Gasteiger partial charge in [0.2, 0.25) is 21.8 Å². The summed E-state index contributed by atoms with van der Waals surface area (Å²) in [5.41, 5.74) is 1.78. The number of rotatable bonds is 9. The third-order valence-corrected chi connectivity index (χ3v) is 8.96. The summed E-state index contributed by atoms with van der Waals surface area (Å²) in [6.45, 7) is 7.43. The zero-order chi connectivity index (χ0) is 24.5. The summed E-state index contributed by atoms with van der Waals surface area (Å²) in [6.07, 6.45) is 6.90. The Hall–Kier alpha value is -1.93. The van der Waals surface area contributed by atoms with Crippen LogP contribution in [0, 0.1) is 23.7 Å². The molecule has 2 saturated carbocycles. The monoisotopic (exact) mass is 489 g/mol. The van der Waals surface area contributed by atoms with E-state index in [0.29, 0.717) is 18.9 Å². The predicted molar refractivity (Wildman–Crippen MR) is 133 cm³/mol. The van der Waals surface area contributed by atoms with Crippen LogP contribution in [0.1, 0.15) is 71.3 Å². The molecule has 2 amide bonds. The van der Waals surface area contributed by atoms with E-state index in [-0.39, 0.29) is 40.5 Å². The molecule has 0 radical (unpaired) electrons. The lowest BCUT2D eigenvalue weighted by Crippen LogP contribution is -2.36. The van der Waals surface area contributed by atoms with E-state index in [1.54, 1.807) is 18.2 Å². The number of carbonyl (C=O) groups is 2. The number of nitrogens with zero attached hydrogens (tertiary/aromatic N) is 1. The summed E-state index contributed by atoms with van der Waals surface area (Å²) in [7, 11) is -3.62. The highest BCUT2D eigenvalue weighted by molar-refractivity contribution is 7.89. The molecule has 0 bridgehead atoms. The summed E-state index contributed by atoms with van der Waals surface area (Å²) < 4.78 is 28.8. The Labute approximate surface area is 204 Å². The van der Waals surface area contributed by atoms with E-state index < -0.39 is 10.0 Å². The number of fused-ring (bicyclic) bond motifs is 1. The van der Waals surface area contributed by atoms with Crippen LogP contribution in [0.2, 0.25) is 0 Å². The lowest BCUT2D eigenvalue weighted by Gasteiger charge is -2.28. The zero-order valence-corrected chi connectivity index (χ0v) is 21.5. The minimum Gasteiger partial charge on any atom is -0.356 e. The van der Waals surface area contributed by atoms with Crippen molar-refractivity contribution in [1.82, 2.24) is 10.0 Å². The molecule has 1 heterocycles. The van der Waals surface area contributed by atoms with Crippen molar-refractivity contribution in [3.05, 3.63) is 23.8 Å². The van der Waals surface area contributed by atoms with Gasteiger partial charge >= 0.3 is 0 Å². The van der Waals surface area contributed by atoms with Gasteiger partial charge < -0.3 is 10.2 Å². The van der Waals surface area contributed by atoms with E-state index in [2.05, 4.69) is 23.9 Å². The highest BCUT2D eigenvalue weighted by Crippen LogP contribution is 2.39. The van der Waals surface area contributed by atoms with Crippen LogP contribution in [0.15, 0.2) is 23.1 Å². The maximum atomic E-state index is 13.0. The second kappa shape index (κ2) is 10.4. The first kappa shape index (κ1) is 25.2. The van der Waals surface area contributed by atoms with Crippen molar-refractivity contribution in [2.24, 2.45) is 23.7 Å². The van der Waals surface area contributed by atoms with Gasteiger partial charge in [0.1, 0.15) is 0 Å². The number of nitrogens with one attached hydrogen (secondary N) is 2. The average Bonchev–Trinajstić information content (AvgIpc) is 3.59. The number of anilines is 1. The summed E-state index contributed by atoms with van der Waals surface area (Å²) in [6, 6.07) is 5.20. The van der Waals surface area contributed by atoms with Crippen molar-refractivity contribution in [1.29, 1.82) is 0 Å². The molecule has 0 unspecified atom stereocenters. The van der Waals surface area contributed by atoms with Gasteiger partial charge in [0, 0.05) is 36.7 Å². The Bertz CT molecular complexity index is 1010. The summed E-state index contributed by atoms with van der Waals surface area (Å²) in [4.78, 5) is 27.1. The maximum absolute atomic E-state index is 13.0. The Morgan fingerprint density at radius 3 is 2.38 bits per heavy atom. The van der Waals surface area contributed by atoms with E-state index in [4.69, 9.17) is 0 Å². The predicted octanol–water partition coefficient (Wildman–Crippen LogP) is 3.62.